The molecule has 0 spiro atoms. The van der Waals surface area contributed by atoms with Crippen LogP contribution < -0.4 is 0 Å². The van der Waals surface area contributed by atoms with E-state index in [1.807, 2.05) is 6.92 Å². The van der Waals surface area contributed by atoms with Crippen molar-refractivity contribution >= 4 is 17.6 Å². The molecule has 4 heteroatoms. The van der Waals surface area contributed by atoms with Gasteiger partial charge in [-0.1, -0.05) is 51.0 Å². The Kier molecular flexibility index (Phi) is 31.9. The van der Waals surface area contributed by atoms with Gasteiger partial charge in [0.15, 0.2) is 0 Å². The van der Waals surface area contributed by atoms with E-state index >= 15 is 0 Å². The lowest BCUT2D eigenvalue weighted by Gasteiger charge is -2.03. The maximum atomic E-state index is 10.8. The minimum absolute atomic E-state index is 0. The first-order valence-corrected chi connectivity index (χ1v) is 4.70. The van der Waals surface area contributed by atoms with Crippen molar-refractivity contribution in [1.82, 2.24) is 4.90 Å². The summed E-state index contributed by atoms with van der Waals surface area (Å²) in [4.78, 5) is 32.5. The molecule has 19 heavy (non-hydrogen) atoms. The first-order chi connectivity index (χ1) is 6.40. The second-order valence-corrected chi connectivity index (χ2v) is 3.45. The summed E-state index contributed by atoms with van der Waals surface area (Å²) in [6.07, 6.45) is 1.05. The first-order valence-electron chi connectivity index (χ1n) is 4.70. The van der Waals surface area contributed by atoms with Crippen LogP contribution in [0.4, 0.5) is 0 Å². The van der Waals surface area contributed by atoms with Crippen LogP contribution in [0.5, 0.6) is 0 Å². The number of rotatable bonds is 1. The van der Waals surface area contributed by atoms with Gasteiger partial charge in [0.1, 0.15) is 5.78 Å². The van der Waals surface area contributed by atoms with Crippen molar-refractivity contribution in [2.45, 2.75) is 70.7 Å². The van der Waals surface area contributed by atoms with Gasteiger partial charge in [-0.2, -0.15) is 0 Å². The number of ketones is 1. The monoisotopic (exact) mass is 279 g/mol. The number of amides is 2. The maximum Gasteiger partial charge on any atom is 0.232 e. The highest BCUT2D eigenvalue weighted by Crippen LogP contribution is 2.15. The fraction of sp³-hybridized carbons (Fsp3) is 0.800. The third-order valence-electron chi connectivity index (χ3n) is 2.10. The lowest BCUT2D eigenvalue weighted by molar-refractivity contribution is -0.137. The van der Waals surface area contributed by atoms with Gasteiger partial charge < -0.3 is 4.79 Å². The van der Waals surface area contributed by atoms with Crippen LogP contribution in [0, 0.1) is 5.92 Å². The van der Waals surface area contributed by atoms with E-state index in [-0.39, 0.29) is 60.6 Å². The minimum atomic E-state index is -0.0949. The zero-order chi connectivity index (χ0) is 11.3. The Bertz CT molecular complexity index is 250. The van der Waals surface area contributed by atoms with Crippen molar-refractivity contribution in [3.05, 3.63) is 0 Å². The quantitative estimate of drug-likeness (QED) is 0.677. The lowest BCUT2D eigenvalue weighted by Crippen LogP contribution is -2.24. The maximum absolute atomic E-state index is 10.8. The zero-order valence-electron chi connectivity index (χ0n) is 9.16. The van der Waals surface area contributed by atoms with Gasteiger partial charge in [-0.05, 0) is 6.92 Å². The van der Waals surface area contributed by atoms with Gasteiger partial charge in [0, 0.05) is 25.8 Å². The van der Waals surface area contributed by atoms with Crippen molar-refractivity contribution in [3.63, 3.8) is 0 Å². The number of likely N-dealkylation sites (tertiary alicyclic amines) is 1. The average Bonchev–Trinajstić information content (AvgIpc) is 2.34. The molecule has 1 aliphatic rings. The van der Waals surface area contributed by atoms with Gasteiger partial charge in [-0.3, -0.25) is 14.5 Å². The standard InChI is InChI=1S/C6H9NO2.C4H8O.5CH4/c1-4-3-5(8)7(2)6(4)9;1-3-4(2)5;;;;;/h4H,3H2,1-2H3;3H2,1-2H3;5*1H4. The molecular formula is C15H37NO3. The SMILES string of the molecule is C.C.C.C.C.CC1CC(=O)N(C)C1=O.CCC(C)=O. The zero-order valence-corrected chi connectivity index (χ0v) is 9.16. The number of Topliss-reactive ketones (excluding diaryl/α,β-unsaturated/α-hetero) is 1. The van der Waals surface area contributed by atoms with E-state index in [2.05, 4.69) is 0 Å². The van der Waals surface area contributed by atoms with Crippen molar-refractivity contribution in [3.8, 4) is 0 Å². The van der Waals surface area contributed by atoms with Gasteiger partial charge in [0.25, 0.3) is 0 Å². The summed E-state index contributed by atoms with van der Waals surface area (Å²) in [5, 5.41) is 0. The number of hydrogen-bond donors (Lipinski definition) is 0. The molecule has 0 aliphatic carbocycles. The van der Waals surface area contributed by atoms with E-state index in [0.29, 0.717) is 12.8 Å². The van der Waals surface area contributed by atoms with Crippen LogP contribution in [-0.2, 0) is 14.4 Å². The molecule has 1 aliphatic heterocycles. The average molecular weight is 279 g/mol. The predicted octanol–water partition coefficient (Wildman–Crippen LogP) is 4.18. The molecule has 4 nitrogen and oxygen atoms in total. The normalized spacial score (nSPS) is 15.2. The highest BCUT2D eigenvalue weighted by atomic mass is 16.2. The largest absolute Gasteiger partial charge is 0.300 e. The highest BCUT2D eigenvalue weighted by Gasteiger charge is 2.32. The van der Waals surface area contributed by atoms with Crippen molar-refractivity contribution < 1.29 is 14.4 Å². The molecule has 1 unspecified atom stereocenters. The van der Waals surface area contributed by atoms with Gasteiger partial charge in [-0.25, -0.2) is 0 Å². The molecule has 120 valence electrons. The van der Waals surface area contributed by atoms with Crippen LogP contribution in [0.15, 0.2) is 0 Å². The fourth-order valence-electron chi connectivity index (χ4n) is 0.940. The number of carbonyl (C=O) groups excluding carboxylic acids is 3. The number of carbonyl (C=O) groups is 3. The topological polar surface area (TPSA) is 54.5 Å². The Morgan fingerprint density at radius 3 is 1.53 bits per heavy atom. The molecule has 0 saturated carbocycles. The first kappa shape index (κ1) is 36.1. The van der Waals surface area contributed by atoms with Gasteiger partial charge in [0.2, 0.25) is 11.8 Å². The van der Waals surface area contributed by atoms with Gasteiger partial charge in [0.05, 0.1) is 0 Å². The summed E-state index contributed by atoms with van der Waals surface area (Å²) in [5.41, 5.74) is 0. The van der Waals surface area contributed by atoms with Gasteiger partial charge >= 0.3 is 0 Å². The van der Waals surface area contributed by atoms with E-state index in [4.69, 9.17) is 0 Å². The van der Waals surface area contributed by atoms with Crippen LogP contribution in [-0.4, -0.2) is 29.5 Å². The molecule has 0 aromatic rings. The van der Waals surface area contributed by atoms with E-state index in [1.54, 1.807) is 13.8 Å². The second-order valence-electron chi connectivity index (χ2n) is 3.45. The molecule has 1 rings (SSSR count). The number of hydrogen-bond acceptors (Lipinski definition) is 3. The fourth-order valence-corrected chi connectivity index (χ4v) is 0.940. The molecule has 0 bridgehead atoms. The van der Waals surface area contributed by atoms with E-state index < -0.39 is 0 Å². The van der Waals surface area contributed by atoms with Crippen LogP contribution in [0.25, 0.3) is 0 Å². The molecule has 0 N–H and O–H groups in total. The van der Waals surface area contributed by atoms with Crippen LogP contribution in [0.1, 0.15) is 70.7 Å². The van der Waals surface area contributed by atoms with Crippen LogP contribution >= 0.6 is 0 Å². The number of nitrogens with zero attached hydrogens (tertiary/aromatic N) is 1. The Hall–Kier alpha value is -1.19. The summed E-state index contributed by atoms with van der Waals surface area (Å²) in [6, 6.07) is 0. The predicted molar refractivity (Wildman–Crippen MR) is 86.2 cm³/mol. The molecule has 1 atom stereocenters. The molecule has 1 heterocycles. The minimum Gasteiger partial charge on any atom is -0.300 e. The summed E-state index contributed by atoms with van der Waals surface area (Å²) in [5.74, 6) is 0.0417. The van der Waals surface area contributed by atoms with Crippen molar-refractivity contribution in [2.75, 3.05) is 7.05 Å². The molecule has 0 radical (unpaired) electrons. The van der Waals surface area contributed by atoms with E-state index in [1.165, 1.54) is 11.9 Å². The van der Waals surface area contributed by atoms with E-state index in [9.17, 15) is 14.4 Å². The van der Waals surface area contributed by atoms with Crippen LogP contribution in [0.3, 0.4) is 0 Å². The molecule has 1 saturated heterocycles. The van der Waals surface area contributed by atoms with Gasteiger partial charge in [-0.15, -0.1) is 0 Å². The Labute approximate surface area is 121 Å². The molecule has 0 aromatic carbocycles. The summed E-state index contributed by atoms with van der Waals surface area (Å²) in [7, 11) is 1.52. The van der Waals surface area contributed by atoms with Crippen molar-refractivity contribution in [1.29, 1.82) is 0 Å². The molecule has 0 aromatic heterocycles. The molecule has 1 fully saturated rings. The Morgan fingerprint density at radius 2 is 1.47 bits per heavy atom. The third kappa shape index (κ3) is 13.0. The molecule has 2 amide bonds. The van der Waals surface area contributed by atoms with Crippen molar-refractivity contribution in [2.24, 2.45) is 5.92 Å². The van der Waals surface area contributed by atoms with Crippen LogP contribution in [0.2, 0.25) is 0 Å². The Balaban J connectivity index is -0.0000000385. The third-order valence-corrected chi connectivity index (χ3v) is 2.10. The number of imide groups is 1. The lowest BCUT2D eigenvalue weighted by atomic mass is 10.1. The summed E-state index contributed by atoms with van der Waals surface area (Å²) in [6.45, 7) is 5.20. The summed E-state index contributed by atoms with van der Waals surface area (Å²) < 4.78 is 0. The second kappa shape index (κ2) is 16.8. The highest BCUT2D eigenvalue weighted by molar-refractivity contribution is 6.02. The Morgan fingerprint density at radius 1 is 1.16 bits per heavy atom. The van der Waals surface area contributed by atoms with E-state index in [0.717, 1.165) is 0 Å². The summed E-state index contributed by atoms with van der Waals surface area (Å²) >= 11 is 0. The smallest absolute Gasteiger partial charge is 0.232 e. The molecular weight excluding hydrogens is 242 g/mol.